The molecule has 0 aromatic carbocycles. The van der Waals surface area contributed by atoms with E-state index in [2.05, 4.69) is 19.2 Å². The number of nitrogens with one attached hydrogen (secondary N) is 1. The molecule has 0 aliphatic heterocycles. The van der Waals surface area contributed by atoms with Crippen LogP contribution in [0.1, 0.15) is 33.1 Å². The predicted octanol–water partition coefficient (Wildman–Crippen LogP) is 2.29. The predicted molar refractivity (Wildman–Crippen MR) is 60.4 cm³/mol. The van der Waals surface area contributed by atoms with E-state index in [-0.39, 0.29) is 0 Å². The van der Waals surface area contributed by atoms with Crippen LogP contribution in [0.4, 0.5) is 0 Å². The van der Waals surface area contributed by atoms with Crippen LogP contribution in [0.3, 0.4) is 0 Å². The molecule has 0 spiro atoms. The lowest BCUT2D eigenvalue weighted by Crippen LogP contribution is -2.29. The number of hydrogen-bond donors (Lipinski definition) is 1. The Morgan fingerprint density at radius 3 is 2.79 bits per heavy atom. The highest BCUT2D eigenvalue weighted by Gasteiger charge is 2.22. The Balaban J connectivity index is 2.03. The normalized spacial score (nSPS) is 29.4. The molecule has 0 heterocycles. The first-order valence-electron chi connectivity index (χ1n) is 5.93. The third-order valence-electron chi connectivity index (χ3n) is 3.39. The van der Waals surface area contributed by atoms with Gasteiger partial charge in [0.25, 0.3) is 0 Å². The smallest absolute Gasteiger partial charge is 0.0499 e. The lowest BCUT2D eigenvalue weighted by atomic mass is 9.98. The summed E-state index contributed by atoms with van der Waals surface area (Å²) in [6.45, 7) is 7.78. The molecule has 0 saturated heterocycles. The standard InChI is InChI=1S/C12H25NO/c1-10(9-14-3)7-13-8-12-6-4-5-11(12)2/h10-13H,4-9H2,1-3H3. The van der Waals surface area contributed by atoms with E-state index in [0.717, 1.165) is 25.0 Å². The van der Waals surface area contributed by atoms with E-state index < -0.39 is 0 Å². The van der Waals surface area contributed by atoms with Gasteiger partial charge in [-0.05, 0) is 37.3 Å². The lowest BCUT2D eigenvalue weighted by Gasteiger charge is -2.17. The van der Waals surface area contributed by atoms with Crippen LogP contribution in [-0.2, 0) is 4.74 Å². The first-order valence-corrected chi connectivity index (χ1v) is 5.93. The Hall–Kier alpha value is -0.0800. The largest absolute Gasteiger partial charge is 0.384 e. The van der Waals surface area contributed by atoms with Crippen molar-refractivity contribution in [2.45, 2.75) is 33.1 Å². The van der Waals surface area contributed by atoms with Crippen molar-refractivity contribution in [2.24, 2.45) is 17.8 Å². The average molecular weight is 199 g/mol. The first kappa shape index (κ1) is 12.0. The summed E-state index contributed by atoms with van der Waals surface area (Å²) in [5, 5.41) is 3.56. The maximum atomic E-state index is 5.11. The van der Waals surface area contributed by atoms with E-state index in [0.29, 0.717) is 5.92 Å². The van der Waals surface area contributed by atoms with Crippen LogP contribution >= 0.6 is 0 Å². The molecule has 0 aromatic rings. The zero-order valence-corrected chi connectivity index (χ0v) is 9.88. The molecule has 2 heteroatoms. The molecule has 14 heavy (non-hydrogen) atoms. The van der Waals surface area contributed by atoms with Crippen LogP contribution in [0.2, 0.25) is 0 Å². The third-order valence-corrected chi connectivity index (χ3v) is 3.39. The number of ether oxygens (including phenoxy) is 1. The number of hydrogen-bond acceptors (Lipinski definition) is 2. The monoisotopic (exact) mass is 199 g/mol. The minimum Gasteiger partial charge on any atom is -0.384 e. The van der Waals surface area contributed by atoms with E-state index in [1.165, 1.54) is 25.8 Å². The molecule has 0 aromatic heterocycles. The molecular weight excluding hydrogens is 174 g/mol. The second-order valence-corrected chi connectivity index (χ2v) is 4.89. The molecule has 2 nitrogen and oxygen atoms in total. The Morgan fingerprint density at radius 2 is 2.21 bits per heavy atom. The molecule has 0 radical (unpaired) electrons. The highest BCUT2D eigenvalue weighted by molar-refractivity contribution is 4.76. The fourth-order valence-electron chi connectivity index (χ4n) is 2.38. The van der Waals surface area contributed by atoms with Gasteiger partial charge in [-0.15, -0.1) is 0 Å². The number of rotatable bonds is 6. The minimum absolute atomic E-state index is 0.636. The van der Waals surface area contributed by atoms with Gasteiger partial charge >= 0.3 is 0 Å². The quantitative estimate of drug-likeness (QED) is 0.708. The summed E-state index contributed by atoms with van der Waals surface area (Å²) in [5.74, 6) is 2.49. The summed E-state index contributed by atoms with van der Waals surface area (Å²) in [5.41, 5.74) is 0. The van der Waals surface area contributed by atoms with Crippen LogP contribution in [0.25, 0.3) is 0 Å². The summed E-state index contributed by atoms with van der Waals surface area (Å²) < 4.78 is 5.11. The summed E-state index contributed by atoms with van der Waals surface area (Å²) in [6, 6.07) is 0. The Morgan fingerprint density at radius 1 is 1.43 bits per heavy atom. The van der Waals surface area contributed by atoms with Gasteiger partial charge in [-0.25, -0.2) is 0 Å². The molecule has 1 aliphatic rings. The van der Waals surface area contributed by atoms with Gasteiger partial charge in [-0.3, -0.25) is 0 Å². The fourth-order valence-corrected chi connectivity index (χ4v) is 2.38. The molecule has 1 aliphatic carbocycles. The highest BCUT2D eigenvalue weighted by Crippen LogP contribution is 2.30. The maximum absolute atomic E-state index is 5.11. The van der Waals surface area contributed by atoms with Crippen molar-refractivity contribution in [3.05, 3.63) is 0 Å². The zero-order chi connectivity index (χ0) is 10.4. The van der Waals surface area contributed by atoms with Crippen molar-refractivity contribution in [3.8, 4) is 0 Å². The molecule has 3 unspecified atom stereocenters. The van der Waals surface area contributed by atoms with Crippen molar-refractivity contribution in [1.82, 2.24) is 5.32 Å². The van der Waals surface area contributed by atoms with Gasteiger partial charge in [0.15, 0.2) is 0 Å². The van der Waals surface area contributed by atoms with Crippen molar-refractivity contribution in [1.29, 1.82) is 0 Å². The van der Waals surface area contributed by atoms with Gasteiger partial charge < -0.3 is 10.1 Å². The van der Waals surface area contributed by atoms with E-state index in [4.69, 9.17) is 4.74 Å². The van der Waals surface area contributed by atoms with Crippen LogP contribution < -0.4 is 5.32 Å². The first-order chi connectivity index (χ1) is 6.74. The van der Waals surface area contributed by atoms with Crippen molar-refractivity contribution >= 4 is 0 Å². The van der Waals surface area contributed by atoms with E-state index in [1.54, 1.807) is 7.11 Å². The van der Waals surface area contributed by atoms with Gasteiger partial charge in [0.05, 0.1) is 0 Å². The molecule has 0 bridgehead atoms. The van der Waals surface area contributed by atoms with Crippen LogP contribution in [0.5, 0.6) is 0 Å². The fraction of sp³-hybridized carbons (Fsp3) is 1.00. The molecule has 3 atom stereocenters. The third kappa shape index (κ3) is 3.97. The molecule has 1 rings (SSSR count). The summed E-state index contributed by atoms with van der Waals surface area (Å²) in [4.78, 5) is 0. The topological polar surface area (TPSA) is 21.3 Å². The van der Waals surface area contributed by atoms with E-state index >= 15 is 0 Å². The molecule has 1 fully saturated rings. The summed E-state index contributed by atoms with van der Waals surface area (Å²) >= 11 is 0. The molecule has 0 amide bonds. The Bertz CT molecular complexity index is 149. The van der Waals surface area contributed by atoms with Gasteiger partial charge in [0.2, 0.25) is 0 Å². The Labute approximate surface area is 88.4 Å². The lowest BCUT2D eigenvalue weighted by molar-refractivity contribution is 0.157. The second-order valence-electron chi connectivity index (χ2n) is 4.89. The second kappa shape index (κ2) is 6.41. The van der Waals surface area contributed by atoms with Crippen LogP contribution in [0.15, 0.2) is 0 Å². The van der Waals surface area contributed by atoms with Crippen LogP contribution in [-0.4, -0.2) is 26.8 Å². The van der Waals surface area contributed by atoms with Gasteiger partial charge in [-0.2, -0.15) is 0 Å². The number of methoxy groups -OCH3 is 1. The van der Waals surface area contributed by atoms with E-state index in [9.17, 15) is 0 Å². The Kier molecular flexibility index (Phi) is 5.49. The van der Waals surface area contributed by atoms with Crippen molar-refractivity contribution < 1.29 is 4.74 Å². The van der Waals surface area contributed by atoms with Gasteiger partial charge in [0, 0.05) is 13.7 Å². The minimum atomic E-state index is 0.636. The summed E-state index contributed by atoms with van der Waals surface area (Å²) in [7, 11) is 1.77. The summed E-state index contributed by atoms with van der Waals surface area (Å²) in [6.07, 6.45) is 4.29. The van der Waals surface area contributed by atoms with Gasteiger partial charge in [-0.1, -0.05) is 26.7 Å². The van der Waals surface area contributed by atoms with E-state index in [1.807, 2.05) is 0 Å². The maximum Gasteiger partial charge on any atom is 0.0499 e. The average Bonchev–Trinajstić information content (AvgIpc) is 2.52. The molecule has 1 N–H and O–H groups in total. The molecule has 1 saturated carbocycles. The highest BCUT2D eigenvalue weighted by atomic mass is 16.5. The molecular formula is C12H25NO. The van der Waals surface area contributed by atoms with Crippen molar-refractivity contribution in [2.75, 3.05) is 26.8 Å². The molecule has 84 valence electrons. The van der Waals surface area contributed by atoms with Crippen LogP contribution in [0, 0.1) is 17.8 Å². The SMILES string of the molecule is COCC(C)CNCC1CCCC1C. The van der Waals surface area contributed by atoms with Crippen molar-refractivity contribution in [3.63, 3.8) is 0 Å². The zero-order valence-electron chi connectivity index (χ0n) is 9.88. The van der Waals surface area contributed by atoms with Gasteiger partial charge in [0.1, 0.15) is 0 Å².